The second-order valence-electron chi connectivity index (χ2n) is 6.24. The van der Waals surface area contributed by atoms with Crippen molar-refractivity contribution < 1.29 is 19.4 Å². The molecular formula is C20H17N3O4. The zero-order valence-corrected chi connectivity index (χ0v) is 14.3. The maximum atomic E-state index is 12.1. The van der Waals surface area contributed by atoms with E-state index in [1.54, 1.807) is 0 Å². The van der Waals surface area contributed by atoms with Crippen molar-refractivity contribution in [3.63, 3.8) is 0 Å². The summed E-state index contributed by atoms with van der Waals surface area (Å²) in [6, 6.07) is 17.7. The quantitative estimate of drug-likeness (QED) is 0.725. The Bertz CT molecular complexity index is 966. The molecule has 1 aliphatic rings. The number of hydrogen-bond donors (Lipinski definition) is 2. The van der Waals surface area contributed by atoms with Crippen molar-refractivity contribution >= 4 is 17.9 Å². The lowest BCUT2D eigenvalue weighted by atomic mass is 9.98. The zero-order chi connectivity index (χ0) is 18.8. The lowest BCUT2D eigenvalue weighted by molar-refractivity contribution is -0.137. The van der Waals surface area contributed by atoms with Gasteiger partial charge in [-0.2, -0.15) is 5.10 Å². The normalized spacial score (nSPS) is 12.3. The molecule has 0 saturated carbocycles. The van der Waals surface area contributed by atoms with Gasteiger partial charge < -0.3 is 9.84 Å². The zero-order valence-electron chi connectivity index (χ0n) is 14.3. The maximum Gasteiger partial charge on any atom is 0.412 e. The van der Waals surface area contributed by atoms with Crippen LogP contribution in [0.4, 0.5) is 10.6 Å². The Labute approximate surface area is 155 Å². The van der Waals surface area contributed by atoms with E-state index in [-0.39, 0.29) is 24.9 Å². The molecular weight excluding hydrogens is 346 g/mol. The first-order valence-corrected chi connectivity index (χ1v) is 8.49. The molecule has 2 aromatic carbocycles. The number of nitrogens with one attached hydrogen (secondary N) is 1. The van der Waals surface area contributed by atoms with Crippen LogP contribution in [0.1, 0.15) is 17.0 Å². The Hall–Kier alpha value is -3.61. The second-order valence-corrected chi connectivity index (χ2v) is 6.24. The van der Waals surface area contributed by atoms with E-state index < -0.39 is 12.1 Å². The first-order chi connectivity index (χ1) is 13.1. The van der Waals surface area contributed by atoms with Gasteiger partial charge in [0, 0.05) is 18.2 Å². The molecule has 2 N–H and O–H groups in total. The van der Waals surface area contributed by atoms with Gasteiger partial charge in [-0.3, -0.25) is 14.8 Å². The fourth-order valence-electron chi connectivity index (χ4n) is 3.39. The monoisotopic (exact) mass is 363 g/mol. The van der Waals surface area contributed by atoms with Gasteiger partial charge in [0.15, 0.2) is 5.82 Å². The minimum absolute atomic E-state index is 0.0206. The number of carbonyl (C=O) groups excluding carboxylic acids is 1. The molecule has 0 radical (unpaired) electrons. The Morgan fingerprint density at radius 2 is 1.67 bits per heavy atom. The van der Waals surface area contributed by atoms with Crippen molar-refractivity contribution in [3.8, 4) is 11.1 Å². The van der Waals surface area contributed by atoms with E-state index >= 15 is 0 Å². The number of rotatable bonds is 5. The van der Waals surface area contributed by atoms with Crippen molar-refractivity contribution in [3.05, 3.63) is 71.9 Å². The Kier molecular flexibility index (Phi) is 4.33. The van der Waals surface area contributed by atoms with E-state index in [1.165, 1.54) is 16.9 Å². The number of aromatic nitrogens is 2. The molecule has 0 unspecified atom stereocenters. The van der Waals surface area contributed by atoms with Crippen LogP contribution in [-0.2, 0) is 16.1 Å². The van der Waals surface area contributed by atoms with Crippen LogP contribution >= 0.6 is 0 Å². The van der Waals surface area contributed by atoms with Crippen LogP contribution in [-0.4, -0.2) is 33.6 Å². The van der Waals surface area contributed by atoms with E-state index in [0.29, 0.717) is 0 Å². The van der Waals surface area contributed by atoms with Gasteiger partial charge in [0.25, 0.3) is 0 Å². The molecule has 27 heavy (non-hydrogen) atoms. The molecule has 0 atom stereocenters. The molecule has 0 spiro atoms. The number of carboxylic acid groups (broad SMARTS) is 1. The van der Waals surface area contributed by atoms with E-state index in [0.717, 1.165) is 22.3 Å². The number of amides is 1. The number of hydrogen-bond acceptors (Lipinski definition) is 4. The van der Waals surface area contributed by atoms with Crippen molar-refractivity contribution in [1.82, 2.24) is 9.78 Å². The van der Waals surface area contributed by atoms with Crippen LogP contribution in [0.3, 0.4) is 0 Å². The van der Waals surface area contributed by atoms with Crippen molar-refractivity contribution in [2.75, 3.05) is 11.9 Å². The third-order valence-electron chi connectivity index (χ3n) is 4.51. The van der Waals surface area contributed by atoms with Gasteiger partial charge in [-0.25, -0.2) is 4.79 Å². The molecule has 7 nitrogen and oxygen atoms in total. The molecule has 4 rings (SSSR count). The minimum atomic E-state index is -1.01. The van der Waals surface area contributed by atoms with Gasteiger partial charge >= 0.3 is 12.1 Å². The highest BCUT2D eigenvalue weighted by molar-refractivity contribution is 5.84. The number of ether oxygens (including phenoxy) is 1. The summed E-state index contributed by atoms with van der Waals surface area (Å²) >= 11 is 0. The van der Waals surface area contributed by atoms with Crippen LogP contribution in [0.2, 0.25) is 0 Å². The Morgan fingerprint density at radius 3 is 2.30 bits per heavy atom. The summed E-state index contributed by atoms with van der Waals surface area (Å²) in [6.45, 7) is -0.0674. The highest BCUT2D eigenvalue weighted by Crippen LogP contribution is 2.44. The number of aliphatic carboxylic acids is 1. The van der Waals surface area contributed by atoms with Gasteiger partial charge in [0.2, 0.25) is 0 Å². The Balaban J connectivity index is 1.43. The van der Waals surface area contributed by atoms with Gasteiger partial charge in [-0.05, 0) is 22.3 Å². The van der Waals surface area contributed by atoms with Gasteiger partial charge in [0.05, 0.1) is 0 Å². The molecule has 3 aromatic rings. The van der Waals surface area contributed by atoms with Crippen LogP contribution < -0.4 is 5.32 Å². The molecule has 0 fully saturated rings. The molecule has 0 saturated heterocycles. The fourth-order valence-corrected chi connectivity index (χ4v) is 3.39. The molecule has 0 bridgehead atoms. The first kappa shape index (κ1) is 16.8. The number of carboxylic acids is 1. The summed E-state index contributed by atoms with van der Waals surface area (Å²) in [5.74, 6) is -0.785. The summed E-state index contributed by atoms with van der Waals surface area (Å²) < 4.78 is 6.64. The molecule has 1 aliphatic carbocycles. The van der Waals surface area contributed by atoms with E-state index in [4.69, 9.17) is 9.84 Å². The lowest BCUT2D eigenvalue weighted by Crippen LogP contribution is -2.18. The van der Waals surface area contributed by atoms with Gasteiger partial charge in [-0.15, -0.1) is 0 Å². The molecule has 1 aromatic heterocycles. The number of nitrogens with zero attached hydrogens (tertiary/aromatic N) is 2. The van der Waals surface area contributed by atoms with Crippen molar-refractivity contribution in [1.29, 1.82) is 0 Å². The molecule has 7 heteroatoms. The van der Waals surface area contributed by atoms with Crippen LogP contribution in [0, 0.1) is 0 Å². The first-order valence-electron chi connectivity index (χ1n) is 8.49. The van der Waals surface area contributed by atoms with Gasteiger partial charge in [-0.1, -0.05) is 48.5 Å². The molecule has 0 aliphatic heterocycles. The molecule has 136 valence electrons. The second kappa shape index (κ2) is 6.95. The Morgan fingerprint density at radius 1 is 1.04 bits per heavy atom. The summed E-state index contributed by atoms with van der Waals surface area (Å²) in [7, 11) is 0. The minimum Gasteiger partial charge on any atom is -0.480 e. The average Bonchev–Trinajstić information content (AvgIpc) is 3.21. The van der Waals surface area contributed by atoms with Crippen molar-refractivity contribution in [2.24, 2.45) is 0 Å². The summed E-state index contributed by atoms with van der Waals surface area (Å²) in [6.07, 6.45) is 0.852. The standard InChI is InChI=1S/C20H17N3O4/c24-19(25)11-23-10-9-18(22-23)21-20(26)27-12-17-15-7-3-1-5-13(15)14-6-2-4-8-16(14)17/h1-10,17H,11-12H2,(H,24,25)(H,21,22,26). The predicted molar refractivity (Wildman–Crippen MR) is 98.6 cm³/mol. The fraction of sp³-hybridized carbons (Fsp3) is 0.150. The summed E-state index contributed by atoms with van der Waals surface area (Å²) in [5.41, 5.74) is 4.60. The summed E-state index contributed by atoms with van der Waals surface area (Å²) in [5, 5.41) is 15.2. The van der Waals surface area contributed by atoms with Crippen LogP contribution in [0.25, 0.3) is 11.1 Å². The highest BCUT2D eigenvalue weighted by atomic mass is 16.5. The average molecular weight is 363 g/mol. The number of carbonyl (C=O) groups is 2. The van der Waals surface area contributed by atoms with Crippen LogP contribution in [0.5, 0.6) is 0 Å². The lowest BCUT2D eigenvalue weighted by Gasteiger charge is -2.14. The van der Waals surface area contributed by atoms with E-state index in [2.05, 4.69) is 34.7 Å². The van der Waals surface area contributed by atoms with Crippen LogP contribution in [0.15, 0.2) is 60.8 Å². The third-order valence-corrected chi connectivity index (χ3v) is 4.51. The van der Waals surface area contributed by atoms with Gasteiger partial charge in [0.1, 0.15) is 13.2 Å². The predicted octanol–water partition coefficient (Wildman–Crippen LogP) is 3.33. The number of anilines is 1. The largest absolute Gasteiger partial charge is 0.480 e. The highest BCUT2D eigenvalue weighted by Gasteiger charge is 2.29. The van der Waals surface area contributed by atoms with Crippen molar-refractivity contribution in [2.45, 2.75) is 12.5 Å². The maximum absolute atomic E-state index is 12.1. The van der Waals surface area contributed by atoms with E-state index in [1.807, 2.05) is 24.3 Å². The number of benzene rings is 2. The van der Waals surface area contributed by atoms with E-state index in [9.17, 15) is 9.59 Å². The molecule has 1 amide bonds. The smallest absolute Gasteiger partial charge is 0.412 e. The molecule has 1 heterocycles. The third kappa shape index (κ3) is 3.39. The number of fused-ring (bicyclic) bond motifs is 3. The SMILES string of the molecule is O=C(O)Cn1ccc(NC(=O)OCC2c3ccccc3-c3ccccc32)n1. The topological polar surface area (TPSA) is 93.5 Å². The summed E-state index contributed by atoms with van der Waals surface area (Å²) in [4.78, 5) is 22.8.